The molecule has 3 aromatic rings. The number of amides is 1. The molecular weight excluding hydrogens is 416 g/mol. The summed E-state index contributed by atoms with van der Waals surface area (Å²) in [4.78, 5) is 36.1. The van der Waals surface area contributed by atoms with Gasteiger partial charge in [0.15, 0.2) is 0 Å². The number of halogens is 1. The van der Waals surface area contributed by atoms with Crippen LogP contribution in [0.4, 0.5) is 5.69 Å². The zero-order chi connectivity index (χ0) is 22.4. The average molecular weight is 441 g/mol. The number of rotatable bonds is 8. The first-order valence-corrected chi connectivity index (χ1v) is 10.4. The fraction of sp³-hybridized carbons (Fsp3) is 0.304. The van der Waals surface area contributed by atoms with Gasteiger partial charge < -0.3 is 15.0 Å². The number of hydrogen-bond donors (Lipinski definition) is 2. The number of nitrogens with zero attached hydrogens (tertiary/aromatic N) is 2. The van der Waals surface area contributed by atoms with Crippen molar-refractivity contribution in [1.29, 1.82) is 0 Å². The van der Waals surface area contributed by atoms with E-state index in [-0.39, 0.29) is 24.3 Å². The summed E-state index contributed by atoms with van der Waals surface area (Å²) in [7, 11) is 0. The Bertz CT molecular complexity index is 1110. The molecule has 31 heavy (non-hydrogen) atoms. The highest BCUT2D eigenvalue weighted by Crippen LogP contribution is 2.28. The predicted octanol–water partition coefficient (Wildman–Crippen LogP) is 4.40. The van der Waals surface area contributed by atoms with Crippen molar-refractivity contribution in [3.8, 4) is 17.1 Å². The quantitative estimate of drug-likeness (QED) is 0.541. The minimum Gasteiger partial charge on any atom is -0.492 e. The summed E-state index contributed by atoms with van der Waals surface area (Å²) in [6.07, 6.45) is 3.69. The maximum absolute atomic E-state index is 12.5. The third-order valence-electron chi connectivity index (χ3n) is 4.57. The second-order valence-corrected chi connectivity index (χ2v) is 8.02. The number of anilines is 1. The molecule has 2 heterocycles. The van der Waals surface area contributed by atoms with E-state index in [1.165, 1.54) is 0 Å². The molecule has 3 rings (SSSR count). The number of nitrogens with one attached hydrogen (secondary N) is 2. The van der Waals surface area contributed by atoms with Gasteiger partial charge in [-0.05, 0) is 49.6 Å². The van der Waals surface area contributed by atoms with Crippen molar-refractivity contribution in [2.75, 3.05) is 11.9 Å². The van der Waals surface area contributed by atoms with E-state index in [9.17, 15) is 9.59 Å². The van der Waals surface area contributed by atoms with E-state index in [0.717, 1.165) is 5.56 Å². The monoisotopic (exact) mass is 440 g/mol. The maximum Gasteiger partial charge on any atom is 0.254 e. The average Bonchev–Trinajstić information content (AvgIpc) is 2.73. The lowest BCUT2D eigenvalue weighted by molar-refractivity contribution is -0.116. The van der Waals surface area contributed by atoms with E-state index in [1.807, 2.05) is 0 Å². The number of carbonyl (C=O) groups is 1. The van der Waals surface area contributed by atoms with Gasteiger partial charge >= 0.3 is 0 Å². The number of H-pyrrole nitrogens is 1. The highest BCUT2D eigenvalue weighted by Gasteiger charge is 2.13. The van der Waals surface area contributed by atoms with Gasteiger partial charge in [-0.15, -0.1) is 0 Å². The van der Waals surface area contributed by atoms with E-state index in [2.05, 4.69) is 34.1 Å². The Kier molecular flexibility index (Phi) is 7.41. The zero-order valence-electron chi connectivity index (χ0n) is 17.7. The summed E-state index contributed by atoms with van der Waals surface area (Å²) in [5.41, 5.74) is 2.18. The Hall–Kier alpha value is -3.19. The van der Waals surface area contributed by atoms with Crippen LogP contribution in [-0.2, 0) is 11.2 Å². The molecule has 2 aromatic heterocycles. The molecule has 0 spiro atoms. The number of aryl methyl sites for hydroxylation is 1. The summed E-state index contributed by atoms with van der Waals surface area (Å²) >= 11 is 6.24. The summed E-state index contributed by atoms with van der Waals surface area (Å²) in [6.45, 7) is 6.44. The van der Waals surface area contributed by atoms with E-state index in [4.69, 9.17) is 16.3 Å². The second-order valence-electron chi connectivity index (χ2n) is 7.61. The molecule has 0 saturated heterocycles. The van der Waals surface area contributed by atoms with Crippen molar-refractivity contribution in [3.05, 3.63) is 69.4 Å². The van der Waals surface area contributed by atoms with Crippen molar-refractivity contribution >= 4 is 23.2 Å². The summed E-state index contributed by atoms with van der Waals surface area (Å²) in [5.74, 6) is 1.22. The zero-order valence-corrected chi connectivity index (χ0v) is 18.5. The molecule has 0 atom stereocenters. The Labute approximate surface area is 185 Å². The second kappa shape index (κ2) is 10.2. The standard InChI is InChI=1S/C23H25ClN4O3/c1-14(2)13-31-20-6-4-17(12-19(20)24)27-21(29)7-5-18-15(3)26-22(28-23(18)30)16-8-10-25-11-9-16/h4,6,8-12,14H,5,7,13H2,1-3H3,(H,27,29)(H,26,28,30). The molecule has 0 saturated carbocycles. The maximum atomic E-state index is 12.5. The minimum absolute atomic E-state index is 0.142. The minimum atomic E-state index is -0.248. The molecule has 0 radical (unpaired) electrons. The molecule has 1 aromatic carbocycles. The molecule has 0 unspecified atom stereocenters. The summed E-state index contributed by atoms with van der Waals surface area (Å²) in [6, 6.07) is 8.67. The third kappa shape index (κ3) is 6.15. The van der Waals surface area contributed by atoms with Gasteiger partial charge in [-0.25, -0.2) is 4.98 Å². The largest absolute Gasteiger partial charge is 0.492 e. The van der Waals surface area contributed by atoms with Crippen LogP contribution in [-0.4, -0.2) is 27.5 Å². The highest BCUT2D eigenvalue weighted by atomic mass is 35.5. The number of carbonyl (C=O) groups excluding carboxylic acids is 1. The number of pyridine rings is 1. The molecule has 0 bridgehead atoms. The van der Waals surface area contributed by atoms with Crippen LogP contribution in [0.2, 0.25) is 5.02 Å². The number of benzene rings is 1. The van der Waals surface area contributed by atoms with Gasteiger partial charge in [-0.1, -0.05) is 25.4 Å². The number of aromatic nitrogens is 3. The smallest absolute Gasteiger partial charge is 0.254 e. The van der Waals surface area contributed by atoms with Gasteiger partial charge in [0, 0.05) is 41.3 Å². The highest BCUT2D eigenvalue weighted by molar-refractivity contribution is 6.32. The SMILES string of the molecule is Cc1nc(-c2ccncc2)[nH]c(=O)c1CCC(=O)Nc1ccc(OCC(C)C)c(Cl)c1. The lowest BCUT2D eigenvalue weighted by Gasteiger charge is -2.12. The number of hydrogen-bond acceptors (Lipinski definition) is 5. The van der Waals surface area contributed by atoms with Crippen LogP contribution in [0.15, 0.2) is 47.5 Å². The molecule has 7 nitrogen and oxygen atoms in total. The molecule has 8 heteroatoms. The van der Waals surface area contributed by atoms with Crippen molar-refractivity contribution in [3.63, 3.8) is 0 Å². The van der Waals surface area contributed by atoms with Crippen molar-refractivity contribution in [1.82, 2.24) is 15.0 Å². The van der Waals surface area contributed by atoms with Gasteiger partial charge in [0.05, 0.1) is 11.6 Å². The molecular formula is C23H25ClN4O3. The van der Waals surface area contributed by atoms with Crippen LogP contribution in [0.3, 0.4) is 0 Å². The third-order valence-corrected chi connectivity index (χ3v) is 4.86. The first-order chi connectivity index (χ1) is 14.8. The Morgan fingerprint density at radius 1 is 1.23 bits per heavy atom. The van der Waals surface area contributed by atoms with Crippen LogP contribution in [0, 0.1) is 12.8 Å². The fourth-order valence-electron chi connectivity index (χ4n) is 2.97. The first kappa shape index (κ1) is 22.5. The lowest BCUT2D eigenvalue weighted by atomic mass is 10.1. The molecule has 162 valence electrons. The van der Waals surface area contributed by atoms with Crippen molar-refractivity contribution < 1.29 is 9.53 Å². The van der Waals surface area contributed by atoms with Crippen LogP contribution in [0.1, 0.15) is 31.5 Å². The summed E-state index contributed by atoms with van der Waals surface area (Å²) in [5, 5.41) is 3.23. The van der Waals surface area contributed by atoms with Crippen molar-refractivity contribution in [2.24, 2.45) is 5.92 Å². The van der Waals surface area contributed by atoms with E-state index >= 15 is 0 Å². The molecule has 1 amide bonds. The van der Waals surface area contributed by atoms with E-state index < -0.39 is 0 Å². The molecule has 0 aliphatic carbocycles. The molecule has 2 N–H and O–H groups in total. The normalized spacial score (nSPS) is 10.9. The van der Waals surface area contributed by atoms with Crippen LogP contribution in [0.25, 0.3) is 11.4 Å². The van der Waals surface area contributed by atoms with Crippen molar-refractivity contribution in [2.45, 2.75) is 33.6 Å². The molecule has 0 fully saturated rings. The first-order valence-electron chi connectivity index (χ1n) is 10.1. The Balaban J connectivity index is 1.62. The van der Waals surface area contributed by atoms with E-state index in [1.54, 1.807) is 49.6 Å². The Morgan fingerprint density at radius 3 is 2.61 bits per heavy atom. The molecule has 0 aliphatic heterocycles. The van der Waals surface area contributed by atoms with Gasteiger partial charge in [-0.3, -0.25) is 14.6 Å². The van der Waals surface area contributed by atoms with Crippen LogP contribution < -0.4 is 15.6 Å². The number of ether oxygens (including phenoxy) is 1. The van der Waals surface area contributed by atoms with Crippen LogP contribution >= 0.6 is 11.6 Å². The van der Waals surface area contributed by atoms with Gasteiger partial charge in [0.2, 0.25) is 5.91 Å². The van der Waals surface area contributed by atoms with Crippen LogP contribution in [0.5, 0.6) is 5.75 Å². The number of aromatic amines is 1. The fourth-order valence-corrected chi connectivity index (χ4v) is 3.20. The predicted molar refractivity (Wildman–Crippen MR) is 122 cm³/mol. The van der Waals surface area contributed by atoms with Gasteiger partial charge in [0.25, 0.3) is 5.56 Å². The topological polar surface area (TPSA) is 97.0 Å². The Morgan fingerprint density at radius 2 is 1.97 bits per heavy atom. The molecule has 0 aliphatic rings. The lowest BCUT2D eigenvalue weighted by Crippen LogP contribution is -2.20. The van der Waals surface area contributed by atoms with E-state index in [0.29, 0.717) is 46.1 Å². The van der Waals surface area contributed by atoms with Gasteiger partial charge in [0.1, 0.15) is 11.6 Å². The van der Waals surface area contributed by atoms with Gasteiger partial charge in [-0.2, -0.15) is 0 Å². The summed E-state index contributed by atoms with van der Waals surface area (Å²) < 4.78 is 5.64.